The molecule has 0 aromatic carbocycles. The molecule has 6 heteroatoms. The van der Waals surface area contributed by atoms with Gasteiger partial charge in [-0.25, -0.2) is 9.97 Å². The molecule has 4 heterocycles. The molecule has 144 valence electrons. The monoisotopic (exact) mass is 368 g/mol. The van der Waals surface area contributed by atoms with Crippen molar-refractivity contribution in [1.29, 1.82) is 0 Å². The molecule has 0 saturated carbocycles. The molecule has 1 atom stereocenters. The molecule has 1 saturated heterocycles. The third-order valence-corrected chi connectivity index (χ3v) is 5.45. The van der Waals surface area contributed by atoms with Crippen LogP contribution in [0.5, 0.6) is 0 Å². The van der Waals surface area contributed by atoms with Crippen LogP contribution in [0.25, 0.3) is 0 Å². The van der Waals surface area contributed by atoms with E-state index in [0.29, 0.717) is 13.1 Å². The van der Waals surface area contributed by atoms with Crippen LogP contribution in [0.4, 0.5) is 0 Å². The Kier molecular flexibility index (Phi) is 4.76. The Labute approximate surface area is 160 Å². The van der Waals surface area contributed by atoms with Crippen molar-refractivity contribution in [3.8, 4) is 0 Å². The fourth-order valence-corrected chi connectivity index (χ4v) is 3.95. The smallest absolute Gasteiger partial charge is 0.227 e. The normalized spacial score (nSPS) is 20.7. The number of carbonyl (C=O) groups excluding carboxylic acids is 1. The van der Waals surface area contributed by atoms with E-state index in [1.54, 1.807) is 6.26 Å². The maximum absolute atomic E-state index is 13.1. The molecule has 2 aliphatic rings. The van der Waals surface area contributed by atoms with E-state index in [0.717, 1.165) is 55.3 Å². The van der Waals surface area contributed by atoms with Gasteiger partial charge in [0.2, 0.25) is 5.91 Å². The van der Waals surface area contributed by atoms with E-state index in [9.17, 15) is 4.79 Å². The molecule has 0 N–H and O–H groups in total. The molecular formula is C21H28N4O2. The maximum atomic E-state index is 13.1. The number of piperidine rings is 1. The number of hydrogen-bond acceptors (Lipinski definition) is 5. The number of hydrogen-bond donors (Lipinski definition) is 0. The number of amides is 1. The van der Waals surface area contributed by atoms with Crippen LogP contribution in [0, 0.1) is 5.92 Å². The van der Waals surface area contributed by atoms with Crippen LogP contribution in [0.15, 0.2) is 29.0 Å². The van der Waals surface area contributed by atoms with E-state index in [-0.39, 0.29) is 17.2 Å². The summed E-state index contributed by atoms with van der Waals surface area (Å²) in [4.78, 5) is 26.7. The fourth-order valence-electron chi connectivity index (χ4n) is 3.95. The number of rotatable bonds is 3. The molecule has 0 bridgehead atoms. The lowest BCUT2D eigenvalue weighted by molar-refractivity contribution is -0.138. The Balaban J connectivity index is 1.41. The molecule has 0 radical (unpaired) electrons. The van der Waals surface area contributed by atoms with E-state index in [1.165, 1.54) is 0 Å². The first-order valence-electron chi connectivity index (χ1n) is 9.79. The lowest BCUT2D eigenvalue weighted by Gasteiger charge is -2.33. The van der Waals surface area contributed by atoms with Gasteiger partial charge in [0, 0.05) is 30.3 Å². The van der Waals surface area contributed by atoms with Gasteiger partial charge in [-0.15, -0.1) is 0 Å². The molecule has 1 amide bonds. The summed E-state index contributed by atoms with van der Waals surface area (Å²) in [6, 6.07) is 3.91. The summed E-state index contributed by atoms with van der Waals surface area (Å²) in [5.41, 5.74) is 2.01. The molecule has 1 fully saturated rings. The molecule has 2 aromatic heterocycles. The second-order valence-corrected chi connectivity index (χ2v) is 8.76. The number of nitrogens with zero attached hydrogens (tertiary/aromatic N) is 4. The molecule has 2 aromatic rings. The van der Waals surface area contributed by atoms with E-state index in [1.807, 2.05) is 23.2 Å². The van der Waals surface area contributed by atoms with Crippen LogP contribution in [-0.4, -0.2) is 38.8 Å². The summed E-state index contributed by atoms with van der Waals surface area (Å²) < 4.78 is 5.46. The summed E-state index contributed by atoms with van der Waals surface area (Å²) in [7, 11) is 0. The number of likely N-dealkylation sites (tertiary alicyclic amines) is 1. The number of aromatic nitrogens is 2. The molecular weight excluding hydrogens is 340 g/mol. The molecule has 0 unspecified atom stereocenters. The van der Waals surface area contributed by atoms with Crippen LogP contribution < -0.4 is 0 Å². The minimum atomic E-state index is -0.0812. The molecule has 0 spiro atoms. The zero-order valence-electron chi connectivity index (χ0n) is 16.4. The zero-order valence-corrected chi connectivity index (χ0v) is 16.4. The highest BCUT2D eigenvalue weighted by Gasteiger charge is 2.33. The van der Waals surface area contributed by atoms with Crippen molar-refractivity contribution < 1.29 is 9.21 Å². The summed E-state index contributed by atoms with van der Waals surface area (Å²) in [5.74, 6) is 2.10. The highest BCUT2D eigenvalue weighted by molar-refractivity contribution is 5.79. The number of carbonyl (C=O) groups is 1. The average Bonchev–Trinajstić information content (AvgIpc) is 3.29. The Morgan fingerprint density at radius 3 is 2.93 bits per heavy atom. The van der Waals surface area contributed by atoms with Gasteiger partial charge < -0.3 is 9.32 Å². The Bertz CT molecular complexity index is 810. The SMILES string of the molecule is CC(C)(C)c1ncc2c(n1)CN(C(=O)[C@@H]1CCCN(Cc3ccco3)C1)C2. The zero-order chi connectivity index (χ0) is 19.0. The van der Waals surface area contributed by atoms with Crippen molar-refractivity contribution in [2.75, 3.05) is 13.1 Å². The molecule has 6 nitrogen and oxygen atoms in total. The van der Waals surface area contributed by atoms with Gasteiger partial charge in [-0.2, -0.15) is 0 Å². The van der Waals surface area contributed by atoms with Crippen molar-refractivity contribution in [2.24, 2.45) is 5.92 Å². The first-order chi connectivity index (χ1) is 12.9. The van der Waals surface area contributed by atoms with E-state index in [2.05, 4.69) is 30.7 Å². The lowest BCUT2D eigenvalue weighted by atomic mass is 9.95. The summed E-state index contributed by atoms with van der Waals surface area (Å²) in [6.07, 6.45) is 5.61. The molecule has 27 heavy (non-hydrogen) atoms. The first-order valence-corrected chi connectivity index (χ1v) is 9.79. The number of furan rings is 1. The van der Waals surface area contributed by atoms with Crippen molar-refractivity contribution in [2.45, 2.75) is 58.7 Å². The summed E-state index contributed by atoms with van der Waals surface area (Å²) >= 11 is 0. The van der Waals surface area contributed by atoms with Gasteiger partial charge in [-0.1, -0.05) is 20.8 Å². The third-order valence-electron chi connectivity index (χ3n) is 5.45. The van der Waals surface area contributed by atoms with E-state index in [4.69, 9.17) is 9.40 Å². The summed E-state index contributed by atoms with van der Waals surface area (Å²) in [6.45, 7) is 10.2. The predicted molar refractivity (Wildman–Crippen MR) is 102 cm³/mol. The van der Waals surface area contributed by atoms with Crippen LogP contribution in [-0.2, 0) is 29.8 Å². The van der Waals surface area contributed by atoms with Crippen molar-refractivity contribution in [1.82, 2.24) is 19.8 Å². The van der Waals surface area contributed by atoms with Gasteiger partial charge in [-0.05, 0) is 31.5 Å². The van der Waals surface area contributed by atoms with Gasteiger partial charge >= 0.3 is 0 Å². The lowest BCUT2D eigenvalue weighted by Crippen LogP contribution is -2.43. The second-order valence-electron chi connectivity index (χ2n) is 8.76. The van der Waals surface area contributed by atoms with Crippen molar-refractivity contribution in [3.63, 3.8) is 0 Å². The second kappa shape index (κ2) is 7.08. The van der Waals surface area contributed by atoms with Gasteiger partial charge in [-0.3, -0.25) is 9.69 Å². The maximum Gasteiger partial charge on any atom is 0.227 e. The van der Waals surface area contributed by atoms with Gasteiger partial charge in [0.05, 0.1) is 31.0 Å². The van der Waals surface area contributed by atoms with E-state index < -0.39 is 0 Å². The van der Waals surface area contributed by atoms with Crippen LogP contribution in [0.3, 0.4) is 0 Å². The molecule has 4 rings (SSSR count). The minimum absolute atomic E-state index is 0.0538. The van der Waals surface area contributed by atoms with Gasteiger partial charge in [0.25, 0.3) is 0 Å². The predicted octanol–water partition coefficient (Wildman–Crippen LogP) is 3.12. The standard InChI is InChI=1S/C21H28N4O2/c1-21(2,3)20-22-10-16-12-25(14-18(16)23-20)19(26)15-6-4-8-24(11-15)13-17-7-5-9-27-17/h5,7,9-10,15H,4,6,8,11-14H2,1-3H3/t15-/m1/s1. The highest BCUT2D eigenvalue weighted by atomic mass is 16.3. The highest BCUT2D eigenvalue weighted by Crippen LogP contribution is 2.28. The largest absolute Gasteiger partial charge is 0.468 e. The Morgan fingerprint density at radius 1 is 1.33 bits per heavy atom. The average molecular weight is 368 g/mol. The summed E-state index contributed by atoms with van der Waals surface area (Å²) in [5, 5.41) is 0. The first kappa shape index (κ1) is 18.2. The third kappa shape index (κ3) is 3.90. The Hall–Kier alpha value is -2.21. The van der Waals surface area contributed by atoms with E-state index >= 15 is 0 Å². The molecule has 2 aliphatic heterocycles. The van der Waals surface area contributed by atoms with Gasteiger partial charge in [0.1, 0.15) is 11.6 Å². The topological polar surface area (TPSA) is 62.5 Å². The quantitative estimate of drug-likeness (QED) is 0.833. The van der Waals surface area contributed by atoms with Crippen LogP contribution in [0.2, 0.25) is 0 Å². The fraction of sp³-hybridized carbons (Fsp3) is 0.571. The van der Waals surface area contributed by atoms with Crippen LogP contribution >= 0.6 is 0 Å². The Morgan fingerprint density at radius 2 is 2.19 bits per heavy atom. The number of fused-ring (bicyclic) bond motifs is 1. The van der Waals surface area contributed by atoms with Crippen molar-refractivity contribution >= 4 is 5.91 Å². The van der Waals surface area contributed by atoms with Crippen molar-refractivity contribution in [3.05, 3.63) is 47.4 Å². The van der Waals surface area contributed by atoms with Crippen LogP contribution in [0.1, 0.15) is 56.5 Å². The van der Waals surface area contributed by atoms with Gasteiger partial charge in [0.15, 0.2) is 0 Å². The molecule has 0 aliphatic carbocycles. The minimum Gasteiger partial charge on any atom is -0.468 e.